The van der Waals surface area contributed by atoms with Crippen LogP contribution in [-0.4, -0.2) is 62.1 Å². The van der Waals surface area contributed by atoms with E-state index in [1.807, 2.05) is 24.4 Å². The predicted octanol–water partition coefficient (Wildman–Crippen LogP) is 3.17. The van der Waals surface area contributed by atoms with Crippen LogP contribution in [0.15, 0.2) is 42.6 Å². The monoisotopic (exact) mass is 393 g/mol. The number of amides is 1. The maximum Gasteiger partial charge on any atom is 0.234 e. The van der Waals surface area contributed by atoms with Gasteiger partial charge in [-0.1, -0.05) is 18.2 Å². The average Bonchev–Trinajstić information content (AvgIpc) is 3.13. The van der Waals surface area contributed by atoms with E-state index in [0.29, 0.717) is 11.9 Å². The topological polar surface area (TPSA) is 51.7 Å². The van der Waals surface area contributed by atoms with Gasteiger partial charge in [-0.05, 0) is 57.6 Å². The molecule has 3 heterocycles. The summed E-state index contributed by atoms with van der Waals surface area (Å²) >= 11 is 0. The fourth-order valence-electron chi connectivity index (χ4n) is 4.51. The Morgan fingerprint density at radius 3 is 2.59 bits per heavy atom. The molecule has 0 aliphatic carbocycles. The molecule has 4 rings (SSSR count). The van der Waals surface area contributed by atoms with Gasteiger partial charge in [0, 0.05) is 37.9 Å². The first-order chi connectivity index (χ1) is 14.1. The third-order valence-corrected chi connectivity index (χ3v) is 6.31. The van der Waals surface area contributed by atoms with Crippen molar-refractivity contribution in [1.29, 1.82) is 0 Å². The SMILES string of the molecule is CCN1CC(C(=O)Nc2ccc(N3CCC(N(C)C)CC3)cn2)c2ccccc21. The van der Waals surface area contributed by atoms with Crippen LogP contribution in [0.1, 0.15) is 31.2 Å². The molecule has 1 amide bonds. The first-order valence-electron chi connectivity index (χ1n) is 10.6. The van der Waals surface area contributed by atoms with E-state index in [4.69, 9.17) is 0 Å². The molecule has 2 aromatic rings. The predicted molar refractivity (Wildman–Crippen MR) is 119 cm³/mol. The zero-order valence-corrected chi connectivity index (χ0v) is 17.6. The van der Waals surface area contributed by atoms with Gasteiger partial charge >= 0.3 is 0 Å². The summed E-state index contributed by atoms with van der Waals surface area (Å²) in [5, 5.41) is 3.02. The quantitative estimate of drug-likeness (QED) is 0.846. The van der Waals surface area contributed by atoms with E-state index in [9.17, 15) is 4.79 Å². The minimum atomic E-state index is -0.155. The largest absolute Gasteiger partial charge is 0.370 e. The number of benzene rings is 1. The normalized spacial score (nSPS) is 19.5. The van der Waals surface area contributed by atoms with Crippen molar-refractivity contribution >= 4 is 23.1 Å². The van der Waals surface area contributed by atoms with Crippen molar-refractivity contribution in [2.45, 2.75) is 31.7 Å². The maximum atomic E-state index is 12.9. The molecule has 1 unspecified atom stereocenters. The summed E-state index contributed by atoms with van der Waals surface area (Å²) in [4.78, 5) is 24.4. The second kappa shape index (κ2) is 8.41. The van der Waals surface area contributed by atoms with Crippen molar-refractivity contribution in [3.05, 3.63) is 48.2 Å². The van der Waals surface area contributed by atoms with Gasteiger partial charge in [-0.15, -0.1) is 0 Å². The summed E-state index contributed by atoms with van der Waals surface area (Å²) in [6, 6.07) is 12.8. The zero-order chi connectivity index (χ0) is 20.4. The number of hydrogen-bond acceptors (Lipinski definition) is 5. The van der Waals surface area contributed by atoms with Crippen LogP contribution in [-0.2, 0) is 4.79 Å². The Hall–Kier alpha value is -2.60. The number of piperidine rings is 1. The number of nitrogens with zero attached hydrogens (tertiary/aromatic N) is 4. The number of hydrogen-bond donors (Lipinski definition) is 1. The number of para-hydroxylation sites is 1. The lowest BCUT2D eigenvalue weighted by atomic mass is 10.0. The fraction of sp³-hybridized carbons (Fsp3) is 0.478. The fourth-order valence-corrected chi connectivity index (χ4v) is 4.51. The number of fused-ring (bicyclic) bond motifs is 1. The molecule has 2 aliphatic heterocycles. The number of nitrogens with one attached hydrogen (secondary N) is 1. The Bertz CT molecular complexity index is 843. The van der Waals surface area contributed by atoms with Crippen molar-refractivity contribution in [2.75, 3.05) is 55.4 Å². The first kappa shape index (κ1) is 19.7. The molecular weight excluding hydrogens is 362 g/mol. The Morgan fingerprint density at radius 2 is 1.93 bits per heavy atom. The lowest BCUT2D eigenvalue weighted by Crippen LogP contribution is -2.42. The van der Waals surface area contributed by atoms with Crippen molar-refractivity contribution in [2.24, 2.45) is 0 Å². The van der Waals surface area contributed by atoms with Gasteiger partial charge < -0.3 is 20.0 Å². The third-order valence-electron chi connectivity index (χ3n) is 6.31. The molecular formula is C23H31N5O. The third kappa shape index (κ3) is 4.08. The summed E-state index contributed by atoms with van der Waals surface area (Å²) in [6.07, 6.45) is 4.22. The highest BCUT2D eigenvalue weighted by Gasteiger charge is 2.32. The molecule has 2 aliphatic rings. The van der Waals surface area contributed by atoms with E-state index in [1.165, 1.54) is 18.5 Å². The van der Waals surface area contributed by atoms with Gasteiger partial charge in [0.2, 0.25) is 5.91 Å². The van der Waals surface area contributed by atoms with E-state index in [-0.39, 0.29) is 11.8 Å². The Kier molecular flexibility index (Phi) is 5.72. The molecule has 154 valence electrons. The van der Waals surface area contributed by atoms with Gasteiger partial charge in [0.15, 0.2) is 0 Å². The summed E-state index contributed by atoms with van der Waals surface area (Å²) in [5.74, 6) is 0.479. The maximum absolute atomic E-state index is 12.9. The van der Waals surface area contributed by atoms with Crippen LogP contribution in [0, 0.1) is 0 Å². The Labute approximate surface area is 173 Å². The highest BCUT2D eigenvalue weighted by atomic mass is 16.2. The number of anilines is 3. The average molecular weight is 394 g/mol. The number of likely N-dealkylation sites (N-methyl/N-ethyl adjacent to an activating group) is 1. The van der Waals surface area contributed by atoms with Crippen molar-refractivity contribution < 1.29 is 4.79 Å². The van der Waals surface area contributed by atoms with Crippen molar-refractivity contribution in [3.8, 4) is 0 Å². The van der Waals surface area contributed by atoms with E-state index in [0.717, 1.165) is 37.4 Å². The number of aromatic nitrogens is 1. The molecule has 6 heteroatoms. The van der Waals surface area contributed by atoms with Gasteiger partial charge in [0.25, 0.3) is 0 Å². The lowest BCUT2D eigenvalue weighted by molar-refractivity contribution is -0.117. The molecule has 29 heavy (non-hydrogen) atoms. The van der Waals surface area contributed by atoms with Crippen molar-refractivity contribution in [3.63, 3.8) is 0 Å². The highest BCUT2D eigenvalue weighted by Crippen LogP contribution is 2.36. The summed E-state index contributed by atoms with van der Waals surface area (Å²) in [7, 11) is 4.31. The Morgan fingerprint density at radius 1 is 1.17 bits per heavy atom. The van der Waals surface area contributed by atoms with E-state index in [2.05, 4.69) is 64.2 Å². The number of rotatable bonds is 5. The van der Waals surface area contributed by atoms with Crippen LogP contribution in [0.5, 0.6) is 0 Å². The molecule has 0 bridgehead atoms. The van der Waals surface area contributed by atoms with Crippen LogP contribution in [0.3, 0.4) is 0 Å². The molecule has 0 saturated carbocycles. The van der Waals surface area contributed by atoms with Gasteiger partial charge in [0.05, 0.1) is 17.8 Å². The lowest BCUT2D eigenvalue weighted by Gasteiger charge is -2.36. The van der Waals surface area contributed by atoms with Crippen LogP contribution >= 0.6 is 0 Å². The van der Waals surface area contributed by atoms with E-state index in [1.54, 1.807) is 0 Å². The minimum Gasteiger partial charge on any atom is -0.370 e. The zero-order valence-electron chi connectivity index (χ0n) is 17.6. The summed E-state index contributed by atoms with van der Waals surface area (Å²) in [5.41, 5.74) is 3.40. The van der Waals surface area contributed by atoms with Gasteiger partial charge in [-0.25, -0.2) is 4.98 Å². The standard InChI is InChI=1S/C23H31N5O/c1-4-27-16-20(19-7-5-6-8-21(19)27)23(29)25-22-10-9-18(15-24-22)28-13-11-17(12-14-28)26(2)3/h5-10,15,17,20H,4,11-14,16H2,1-3H3,(H,24,25,29). The molecule has 0 radical (unpaired) electrons. The van der Waals surface area contributed by atoms with Crippen LogP contribution < -0.4 is 15.1 Å². The summed E-state index contributed by atoms with van der Waals surface area (Å²) < 4.78 is 0. The molecule has 1 saturated heterocycles. The molecule has 1 aromatic heterocycles. The number of pyridine rings is 1. The molecule has 0 spiro atoms. The molecule has 1 aromatic carbocycles. The van der Waals surface area contributed by atoms with E-state index < -0.39 is 0 Å². The number of carbonyl (C=O) groups is 1. The van der Waals surface area contributed by atoms with Gasteiger partial charge in [0.1, 0.15) is 5.82 Å². The molecule has 1 fully saturated rings. The smallest absolute Gasteiger partial charge is 0.234 e. The minimum absolute atomic E-state index is 0.0143. The molecule has 1 atom stereocenters. The molecule has 6 nitrogen and oxygen atoms in total. The molecule has 1 N–H and O–H groups in total. The van der Waals surface area contributed by atoms with Gasteiger partial charge in [-0.2, -0.15) is 0 Å². The second-order valence-corrected chi connectivity index (χ2v) is 8.22. The second-order valence-electron chi connectivity index (χ2n) is 8.22. The number of carbonyl (C=O) groups excluding carboxylic acids is 1. The Balaban J connectivity index is 1.39. The first-order valence-corrected chi connectivity index (χ1v) is 10.6. The van der Waals surface area contributed by atoms with Crippen molar-refractivity contribution in [1.82, 2.24) is 9.88 Å². The van der Waals surface area contributed by atoms with Crippen LogP contribution in [0.25, 0.3) is 0 Å². The summed E-state index contributed by atoms with van der Waals surface area (Å²) in [6.45, 7) is 5.83. The van der Waals surface area contributed by atoms with Crippen LogP contribution in [0.2, 0.25) is 0 Å². The van der Waals surface area contributed by atoms with Crippen LogP contribution in [0.4, 0.5) is 17.2 Å². The highest BCUT2D eigenvalue weighted by molar-refractivity contribution is 5.98. The van der Waals surface area contributed by atoms with E-state index >= 15 is 0 Å². The van der Waals surface area contributed by atoms with Gasteiger partial charge in [-0.3, -0.25) is 4.79 Å².